The van der Waals surface area contributed by atoms with Gasteiger partial charge in [-0.3, -0.25) is 9.59 Å². The number of amides is 4. The summed E-state index contributed by atoms with van der Waals surface area (Å²) >= 11 is 0. The predicted octanol–water partition coefficient (Wildman–Crippen LogP) is 5.68. The highest BCUT2D eigenvalue weighted by molar-refractivity contribution is 6.38. The molecule has 0 radical (unpaired) electrons. The Morgan fingerprint density at radius 2 is 1.67 bits per heavy atom. The summed E-state index contributed by atoms with van der Waals surface area (Å²) in [5.41, 5.74) is -0.488. The maximum Gasteiger partial charge on any atom is 0.416 e. The zero-order chi connectivity index (χ0) is 31.1. The molecule has 3 atom stereocenters. The molecule has 2 aromatic carbocycles. The molecule has 0 spiro atoms. The first-order valence-corrected chi connectivity index (χ1v) is 13.8. The fraction of sp³-hybridized carbons (Fsp3) is 0.467. The van der Waals surface area contributed by atoms with Crippen LogP contribution < -0.4 is 16.0 Å². The summed E-state index contributed by atoms with van der Waals surface area (Å²) in [6, 6.07) is 11.1. The van der Waals surface area contributed by atoms with Crippen molar-refractivity contribution in [2.45, 2.75) is 71.3 Å². The average molecular weight is 591 g/mol. The molecule has 1 heterocycles. The molecule has 0 aromatic heterocycles. The Bertz CT molecular complexity index is 1250. The SMILES string of the molecule is CCCC[C@H](NC(=O)O[C@@H]1CN(C(=O)Nc2ccc(C(F)(F)F)cc2)CC1(C)C)C(=O)C(=O)N[C@H](C)c1ccccc1. The number of rotatable bonds is 10. The van der Waals surface area contributed by atoms with Gasteiger partial charge >= 0.3 is 18.3 Å². The summed E-state index contributed by atoms with van der Waals surface area (Å²) in [6.45, 7) is 7.50. The van der Waals surface area contributed by atoms with E-state index in [4.69, 9.17) is 4.74 Å². The van der Waals surface area contributed by atoms with E-state index < -0.39 is 59.2 Å². The highest BCUT2D eigenvalue weighted by Gasteiger charge is 2.44. The first kappa shape index (κ1) is 32.4. The van der Waals surface area contributed by atoms with Crippen molar-refractivity contribution in [2.24, 2.45) is 5.41 Å². The minimum absolute atomic E-state index is 0.0234. The van der Waals surface area contributed by atoms with Gasteiger partial charge in [-0.05, 0) is 43.2 Å². The van der Waals surface area contributed by atoms with E-state index in [-0.39, 0.29) is 25.2 Å². The number of nitrogens with zero attached hydrogens (tertiary/aromatic N) is 1. The second kappa shape index (κ2) is 13.7. The van der Waals surface area contributed by atoms with Crippen molar-refractivity contribution in [3.8, 4) is 0 Å². The number of unbranched alkanes of at least 4 members (excludes halogenated alkanes) is 1. The first-order valence-electron chi connectivity index (χ1n) is 13.8. The van der Waals surface area contributed by atoms with Crippen LogP contribution >= 0.6 is 0 Å². The molecule has 1 aliphatic rings. The fourth-order valence-corrected chi connectivity index (χ4v) is 4.64. The number of carbonyl (C=O) groups excluding carboxylic acids is 4. The number of halogens is 3. The molecule has 4 amide bonds. The lowest BCUT2D eigenvalue weighted by Crippen LogP contribution is -2.49. The van der Waals surface area contributed by atoms with Gasteiger partial charge in [-0.1, -0.05) is 63.9 Å². The molecule has 3 rings (SSSR count). The molecule has 1 fully saturated rings. The van der Waals surface area contributed by atoms with Gasteiger partial charge in [0.2, 0.25) is 5.78 Å². The molecule has 0 unspecified atom stereocenters. The lowest BCUT2D eigenvalue weighted by atomic mass is 9.90. The van der Waals surface area contributed by atoms with E-state index in [9.17, 15) is 32.3 Å². The van der Waals surface area contributed by atoms with Crippen molar-refractivity contribution in [3.05, 3.63) is 65.7 Å². The van der Waals surface area contributed by atoms with E-state index in [1.165, 1.54) is 4.90 Å². The number of Topliss-reactive ketones (excluding diaryl/α,β-unsaturated/α-hetero) is 1. The molecule has 9 nitrogen and oxygen atoms in total. The lowest BCUT2D eigenvalue weighted by molar-refractivity contribution is -0.139. The monoisotopic (exact) mass is 590 g/mol. The van der Waals surface area contributed by atoms with Crippen LogP contribution in [-0.4, -0.2) is 54.0 Å². The Morgan fingerprint density at radius 3 is 2.26 bits per heavy atom. The molecule has 0 aliphatic carbocycles. The molecule has 0 saturated carbocycles. The molecule has 0 bridgehead atoms. The molecular formula is C30H37F3N4O5. The summed E-state index contributed by atoms with van der Waals surface area (Å²) in [4.78, 5) is 52.8. The van der Waals surface area contributed by atoms with Crippen LogP contribution in [0.4, 0.5) is 28.4 Å². The minimum Gasteiger partial charge on any atom is -0.444 e. The van der Waals surface area contributed by atoms with E-state index in [0.717, 1.165) is 36.2 Å². The van der Waals surface area contributed by atoms with E-state index in [1.54, 1.807) is 20.8 Å². The van der Waals surface area contributed by atoms with Crippen molar-refractivity contribution >= 4 is 29.5 Å². The van der Waals surface area contributed by atoms with Gasteiger partial charge in [0, 0.05) is 17.6 Å². The number of ether oxygens (including phenoxy) is 1. The standard InChI is InChI=1S/C30H37F3N4O5/c1-5-6-12-23(25(38)26(39)34-19(2)20-10-8-7-9-11-20)36-28(41)42-24-17-37(18-29(24,3)4)27(40)35-22-15-13-21(14-16-22)30(31,32)33/h7-11,13-16,19,23-24H,5-6,12,17-18H2,1-4H3,(H,34,39)(H,35,40)(H,36,41)/t19-,23+,24-/m1/s1. The number of nitrogens with one attached hydrogen (secondary N) is 3. The zero-order valence-corrected chi connectivity index (χ0v) is 24.1. The second-order valence-electron chi connectivity index (χ2n) is 11.1. The number of ketones is 1. The van der Waals surface area contributed by atoms with Crippen LogP contribution in [0.5, 0.6) is 0 Å². The van der Waals surface area contributed by atoms with E-state index in [2.05, 4.69) is 16.0 Å². The number of alkyl carbamates (subject to hydrolysis) is 1. The quantitative estimate of drug-likeness (QED) is 0.308. The predicted molar refractivity (Wildman–Crippen MR) is 151 cm³/mol. The number of hydrogen-bond donors (Lipinski definition) is 3. The third-order valence-electron chi connectivity index (χ3n) is 7.18. The van der Waals surface area contributed by atoms with Crippen LogP contribution in [0.2, 0.25) is 0 Å². The Morgan fingerprint density at radius 1 is 1.02 bits per heavy atom. The van der Waals surface area contributed by atoms with Crippen LogP contribution in [0.15, 0.2) is 54.6 Å². The van der Waals surface area contributed by atoms with Crippen molar-refractivity contribution < 1.29 is 37.1 Å². The number of carbonyl (C=O) groups is 4. The fourth-order valence-electron chi connectivity index (χ4n) is 4.64. The summed E-state index contributed by atoms with van der Waals surface area (Å²) < 4.78 is 44.1. The molecule has 2 aromatic rings. The molecule has 42 heavy (non-hydrogen) atoms. The molecular weight excluding hydrogens is 553 g/mol. The Balaban J connectivity index is 1.59. The van der Waals surface area contributed by atoms with Crippen LogP contribution in [0.1, 0.15) is 64.1 Å². The van der Waals surface area contributed by atoms with Crippen molar-refractivity contribution in [1.29, 1.82) is 0 Å². The number of hydrogen-bond acceptors (Lipinski definition) is 5. The second-order valence-corrected chi connectivity index (χ2v) is 11.1. The van der Waals surface area contributed by atoms with Crippen molar-refractivity contribution in [1.82, 2.24) is 15.5 Å². The van der Waals surface area contributed by atoms with Crippen LogP contribution in [0.25, 0.3) is 0 Å². The highest BCUT2D eigenvalue weighted by atomic mass is 19.4. The van der Waals surface area contributed by atoms with Gasteiger partial charge in [0.25, 0.3) is 5.91 Å². The number of alkyl halides is 3. The Kier molecular flexibility index (Phi) is 10.6. The summed E-state index contributed by atoms with van der Waals surface area (Å²) in [5, 5.41) is 7.76. The van der Waals surface area contributed by atoms with E-state index >= 15 is 0 Å². The van der Waals surface area contributed by atoms with Gasteiger partial charge in [0.1, 0.15) is 12.1 Å². The summed E-state index contributed by atoms with van der Waals surface area (Å²) in [5.74, 6) is -1.61. The first-order chi connectivity index (χ1) is 19.7. The molecule has 12 heteroatoms. The number of urea groups is 1. The average Bonchev–Trinajstić information content (AvgIpc) is 3.24. The van der Waals surface area contributed by atoms with Crippen molar-refractivity contribution in [2.75, 3.05) is 18.4 Å². The van der Waals surface area contributed by atoms with Gasteiger partial charge in [0.05, 0.1) is 18.2 Å². The topological polar surface area (TPSA) is 117 Å². The van der Waals surface area contributed by atoms with Gasteiger partial charge in [-0.2, -0.15) is 13.2 Å². The van der Waals surface area contributed by atoms with Gasteiger partial charge < -0.3 is 25.6 Å². The third-order valence-corrected chi connectivity index (χ3v) is 7.18. The summed E-state index contributed by atoms with van der Waals surface area (Å²) in [6.07, 6.45) is -4.56. The van der Waals surface area contributed by atoms with Crippen LogP contribution in [0, 0.1) is 5.41 Å². The third kappa shape index (κ3) is 8.70. The number of anilines is 1. The molecule has 1 aliphatic heterocycles. The van der Waals surface area contributed by atoms with Crippen molar-refractivity contribution in [3.63, 3.8) is 0 Å². The lowest BCUT2D eigenvalue weighted by Gasteiger charge is -2.26. The molecule has 228 valence electrons. The smallest absolute Gasteiger partial charge is 0.416 e. The maximum absolute atomic E-state index is 13.0. The molecule has 1 saturated heterocycles. The Hall–Kier alpha value is -4.09. The van der Waals surface area contributed by atoms with E-state index in [1.807, 2.05) is 37.3 Å². The van der Waals surface area contributed by atoms with Crippen LogP contribution in [0.3, 0.4) is 0 Å². The highest BCUT2D eigenvalue weighted by Crippen LogP contribution is 2.33. The van der Waals surface area contributed by atoms with Gasteiger partial charge in [-0.25, -0.2) is 9.59 Å². The minimum atomic E-state index is -4.49. The van der Waals surface area contributed by atoms with Gasteiger partial charge in [0.15, 0.2) is 0 Å². The normalized spacial score (nSPS) is 17.6. The molecule has 3 N–H and O–H groups in total. The zero-order valence-electron chi connectivity index (χ0n) is 24.1. The number of likely N-dealkylation sites (tertiary alicyclic amines) is 1. The van der Waals surface area contributed by atoms with Crippen LogP contribution in [-0.2, 0) is 20.5 Å². The maximum atomic E-state index is 13.0. The van der Waals surface area contributed by atoms with Gasteiger partial charge in [-0.15, -0.1) is 0 Å². The largest absolute Gasteiger partial charge is 0.444 e. The number of benzene rings is 2. The summed E-state index contributed by atoms with van der Waals surface area (Å²) in [7, 11) is 0. The van der Waals surface area contributed by atoms with E-state index in [0.29, 0.717) is 6.42 Å². The Labute approximate surface area is 243 Å².